The molecule has 2 bridgehead atoms. The third-order valence-electron chi connectivity index (χ3n) is 14.4. The summed E-state index contributed by atoms with van der Waals surface area (Å²) in [5.41, 5.74) is 13.4. The first-order chi connectivity index (χ1) is 33.5. The van der Waals surface area contributed by atoms with Gasteiger partial charge < -0.3 is 46.6 Å². The number of β-amino-alcohol motifs (C(OH)–C–C–N with tert-alkyl or cyclic N) is 1. The molecule has 4 fully saturated rings. The Bertz CT molecular complexity index is 2740. The largest absolute Gasteiger partial charge is 0.507 e. The highest BCUT2D eigenvalue weighted by Gasteiger charge is 2.46. The van der Waals surface area contributed by atoms with Gasteiger partial charge in [-0.3, -0.25) is 19.2 Å². The van der Waals surface area contributed by atoms with Crippen molar-refractivity contribution in [3.05, 3.63) is 83.3 Å². The first-order valence-electron chi connectivity index (χ1n) is 24.2. The molecular formula is C51H62N12O6S. The number of carbonyl (C=O) groups excluding carboxylic acids is 4. The minimum atomic E-state index is -0.953. The van der Waals surface area contributed by atoms with Crippen LogP contribution < -0.4 is 31.5 Å². The molecule has 4 aliphatic rings. The Morgan fingerprint density at radius 3 is 2.27 bits per heavy atom. The van der Waals surface area contributed by atoms with E-state index in [0.29, 0.717) is 47.1 Å². The van der Waals surface area contributed by atoms with Gasteiger partial charge in [0.25, 0.3) is 0 Å². The standard InChI is InChI=1S/C51H62N12O6S/c1-28-44(70-27-56-28)32-14-15-33(39(18-32)57-29(2)64)21-53-48(68)42-19-37(65)26-62(42)49(69)45(51(3,4)5)58-47(67)31-12-10-30(11-13-31)34-22-54-50(55-23-34)63-35-16-17-36(63)25-61(24-35)41-20-40(59-60-46(41)52)38-8-6-7-9-43(38)66/h6-9,14-15,18,20,22-23,27,30-31,35-37,42,45,65-66H,10-13,16-17,19,21,24-26H2,1-5H3,(H2,52,60)(H,53,68)(H,57,64)(H,58,67)/t30?,31?,35?,36?,37-,42+,45-/m1/s1. The molecule has 3 aromatic heterocycles. The number of aryl methyl sites for hydroxylation is 1. The van der Waals surface area contributed by atoms with E-state index in [9.17, 15) is 29.4 Å². The zero-order valence-corrected chi connectivity index (χ0v) is 41.1. The molecule has 3 aliphatic heterocycles. The normalized spacial score (nSPS) is 22.7. The van der Waals surface area contributed by atoms with Gasteiger partial charge in [-0.2, -0.15) is 0 Å². The number of hydrogen-bond donors (Lipinski definition) is 6. The molecule has 5 atom stereocenters. The van der Waals surface area contributed by atoms with E-state index in [2.05, 4.69) is 40.9 Å². The predicted octanol–water partition coefficient (Wildman–Crippen LogP) is 5.55. The summed E-state index contributed by atoms with van der Waals surface area (Å²) in [6, 6.07) is 13.0. The summed E-state index contributed by atoms with van der Waals surface area (Å²) in [6.07, 6.45) is 7.78. The van der Waals surface area contributed by atoms with Crippen LogP contribution in [0, 0.1) is 18.3 Å². The third-order valence-corrected chi connectivity index (χ3v) is 15.4. The lowest BCUT2D eigenvalue weighted by molar-refractivity contribution is -0.144. The number of aliphatic hydroxyl groups excluding tert-OH is 1. The molecule has 4 amide bonds. The number of phenols is 1. The third kappa shape index (κ3) is 10.1. The second-order valence-corrected chi connectivity index (χ2v) is 21.2. The topological polar surface area (TPSA) is 245 Å². The molecular weight excluding hydrogens is 909 g/mol. The molecule has 0 spiro atoms. The van der Waals surface area contributed by atoms with Gasteiger partial charge in [-0.1, -0.05) is 45.0 Å². The molecule has 7 N–H and O–H groups in total. The fourth-order valence-corrected chi connectivity index (χ4v) is 11.5. The van der Waals surface area contributed by atoms with Crippen LogP contribution in [0.2, 0.25) is 0 Å². The van der Waals surface area contributed by atoms with Crippen LogP contribution in [0.4, 0.5) is 23.1 Å². The summed E-state index contributed by atoms with van der Waals surface area (Å²) in [5.74, 6) is -0.239. The Hall–Kier alpha value is -6.73. The Kier molecular flexibility index (Phi) is 13.8. The first-order valence-corrected chi connectivity index (χ1v) is 25.0. The number of carbonyl (C=O) groups is 4. The monoisotopic (exact) mass is 970 g/mol. The van der Waals surface area contributed by atoms with Crippen molar-refractivity contribution in [1.29, 1.82) is 0 Å². The van der Waals surface area contributed by atoms with E-state index < -0.39 is 35.4 Å². The lowest BCUT2D eigenvalue weighted by Gasteiger charge is -2.42. The number of aromatic hydroxyl groups is 1. The van der Waals surface area contributed by atoms with E-state index in [4.69, 9.17) is 15.7 Å². The quantitative estimate of drug-likeness (QED) is 0.0898. The van der Waals surface area contributed by atoms with Gasteiger partial charge in [0.05, 0.1) is 33.6 Å². The summed E-state index contributed by atoms with van der Waals surface area (Å²) in [6.45, 7) is 10.5. The van der Waals surface area contributed by atoms with E-state index in [1.165, 1.54) is 23.2 Å². The highest BCUT2D eigenvalue weighted by Crippen LogP contribution is 2.40. The van der Waals surface area contributed by atoms with Crippen molar-refractivity contribution in [2.24, 2.45) is 11.3 Å². The van der Waals surface area contributed by atoms with Gasteiger partial charge in [0.15, 0.2) is 5.82 Å². The van der Waals surface area contributed by atoms with Gasteiger partial charge in [0.1, 0.15) is 17.8 Å². The van der Waals surface area contributed by atoms with E-state index in [1.54, 1.807) is 17.6 Å². The highest BCUT2D eigenvalue weighted by atomic mass is 32.1. The van der Waals surface area contributed by atoms with Crippen LogP contribution >= 0.6 is 11.3 Å². The van der Waals surface area contributed by atoms with E-state index in [0.717, 1.165) is 66.2 Å². The molecule has 3 saturated heterocycles. The maximum Gasteiger partial charge on any atom is 0.246 e. The number of aliphatic hydroxyl groups is 1. The summed E-state index contributed by atoms with van der Waals surface area (Å²) in [5, 5.41) is 38.6. The van der Waals surface area contributed by atoms with Crippen LogP contribution in [0.15, 0.2) is 66.4 Å². The Labute approximate surface area is 411 Å². The average molecular weight is 971 g/mol. The fraction of sp³-hybridized carbons (Fsp3) is 0.471. The van der Waals surface area contributed by atoms with Gasteiger partial charge >= 0.3 is 0 Å². The number of hydrogen-bond acceptors (Lipinski definition) is 15. The second kappa shape index (κ2) is 19.9. The number of benzene rings is 2. The zero-order valence-electron chi connectivity index (χ0n) is 40.3. The number of phenolic OH excluding ortho intramolecular Hbond substituents is 1. The highest BCUT2D eigenvalue weighted by molar-refractivity contribution is 7.13. The SMILES string of the molecule is CC(=O)Nc1cc(-c2scnc2C)ccc1CNC(=O)[C@@H]1C[C@@H](O)CN1C(=O)[C@@H](NC(=O)C1CCC(c2cnc(N3C4CCC3CN(c3cc(-c5ccccc5O)nnc3N)C4)nc2)CC1)C(C)(C)C. The van der Waals surface area contributed by atoms with Crippen LogP contribution in [0.3, 0.4) is 0 Å². The minimum Gasteiger partial charge on any atom is -0.507 e. The fourth-order valence-electron chi connectivity index (χ4n) is 10.7. The van der Waals surface area contributed by atoms with Crippen molar-refractivity contribution in [1.82, 2.24) is 40.7 Å². The number of nitrogens with zero attached hydrogens (tertiary/aromatic N) is 8. The molecule has 70 heavy (non-hydrogen) atoms. The number of piperazine rings is 1. The second-order valence-electron chi connectivity index (χ2n) is 20.3. The first kappa shape index (κ1) is 48.3. The zero-order chi connectivity index (χ0) is 49.4. The van der Waals surface area contributed by atoms with Gasteiger partial charge in [0.2, 0.25) is 29.6 Å². The number of para-hydroxylation sites is 1. The summed E-state index contributed by atoms with van der Waals surface area (Å²) in [4.78, 5) is 75.5. The summed E-state index contributed by atoms with van der Waals surface area (Å²) in [7, 11) is 0. The van der Waals surface area contributed by atoms with Crippen LogP contribution in [0.25, 0.3) is 21.7 Å². The lowest BCUT2D eigenvalue weighted by Crippen LogP contribution is -2.58. The van der Waals surface area contributed by atoms with Gasteiger partial charge in [0, 0.05) is 81.2 Å². The minimum absolute atomic E-state index is 0.0376. The summed E-state index contributed by atoms with van der Waals surface area (Å²) < 4.78 is 0. The number of aromatic nitrogens is 5. The number of likely N-dealkylation sites (tertiary alicyclic amines) is 1. The number of nitrogens with two attached hydrogens (primary N) is 1. The average Bonchev–Trinajstić information content (AvgIpc) is 4.03. The number of nitrogens with one attached hydrogen (secondary N) is 3. The number of fused-ring (bicyclic) bond motifs is 2. The molecule has 2 aromatic carbocycles. The van der Waals surface area contributed by atoms with E-state index >= 15 is 0 Å². The van der Waals surface area contributed by atoms with Crippen LogP contribution in [-0.2, 0) is 25.7 Å². The Balaban J connectivity index is 0.793. The van der Waals surface area contributed by atoms with Crippen molar-refractivity contribution in [3.8, 4) is 27.4 Å². The number of rotatable bonds is 12. The molecule has 2 unspecified atom stereocenters. The Morgan fingerprint density at radius 2 is 1.61 bits per heavy atom. The van der Waals surface area contributed by atoms with Crippen molar-refractivity contribution in [2.75, 3.05) is 40.5 Å². The predicted molar refractivity (Wildman–Crippen MR) is 268 cm³/mol. The number of anilines is 4. The van der Waals surface area contributed by atoms with Gasteiger partial charge in [-0.25, -0.2) is 15.0 Å². The smallest absolute Gasteiger partial charge is 0.246 e. The van der Waals surface area contributed by atoms with Crippen molar-refractivity contribution < 1.29 is 29.4 Å². The van der Waals surface area contributed by atoms with Crippen molar-refractivity contribution in [3.63, 3.8) is 0 Å². The van der Waals surface area contributed by atoms with Gasteiger partial charge in [-0.15, -0.1) is 21.5 Å². The molecule has 19 heteroatoms. The van der Waals surface area contributed by atoms with Crippen LogP contribution in [0.5, 0.6) is 5.75 Å². The Morgan fingerprint density at radius 1 is 0.900 bits per heavy atom. The molecule has 9 rings (SSSR count). The number of amides is 4. The molecule has 368 valence electrons. The lowest BCUT2D eigenvalue weighted by atomic mass is 9.78. The van der Waals surface area contributed by atoms with Crippen LogP contribution in [-0.4, -0.2) is 114 Å². The summed E-state index contributed by atoms with van der Waals surface area (Å²) >= 11 is 1.50. The maximum absolute atomic E-state index is 14.4. The maximum atomic E-state index is 14.4. The van der Waals surface area contributed by atoms with Crippen LogP contribution in [0.1, 0.15) is 95.4 Å². The number of nitrogen functional groups attached to an aromatic ring is 1. The van der Waals surface area contributed by atoms with Gasteiger partial charge in [-0.05, 0) is 97.7 Å². The van der Waals surface area contributed by atoms with Crippen molar-refractivity contribution >= 4 is 58.1 Å². The number of thiazole rings is 1. The van der Waals surface area contributed by atoms with E-state index in [1.807, 2.05) is 76.5 Å². The molecule has 18 nitrogen and oxygen atoms in total. The molecule has 1 aliphatic carbocycles. The molecule has 6 heterocycles. The van der Waals surface area contributed by atoms with E-state index in [-0.39, 0.29) is 61.0 Å². The van der Waals surface area contributed by atoms with Crippen molar-refractivity contribution in [2.45, 2.75) is 122 Å². The molecule has 1 saturated carbocycles. The molecule has 0 radical (unpaired) electrons. The molecule has 5 aromatic rings.